The average molecular weight is 561 g/mol. The number of hydrogen-bond acceptors (Lipinski definition) is 7. The molecule has 2 N–H and O–H groups in total. The molecule has 5 rings (SSSR count). The summed E-state index contributed by atoms with van der Waals surface area (Å²) in [5.41, 5.74) is 0.998. The highest BCUT2D eigenvalue weighted by molar-refractivity contribution is 6.31. The van der Waals surface area contributed by atoms with E-state index in [4.69, 9.17) is 37.2 Å². The molecule has 0 saturated heterocycles. The molecular weight excluding hydrogens is 542 g/mol. The molecule has 1 aliphatic carbocycles. The molecule has 10 nitrogen and oxygen atoms in total. The Balaban J connectivity index is 1.16. The number of nitrogens with one attached hydrogen (secondary N) is 2. The highest BCUT2D eigenvalue weighted by Gasteiger charge is 2.37. The number of amides is 3. The topological polar surface area (TPSA) is 123 Å². The summed E-state index contributed by atoms with van der Waals surface area (Å²) in [7, 11) is 0. The van der Waals surface area contributed by atoms with Crippen molar-refractivity contribution in [2.24, 2.45) is 0 Å². The normalized spacial score (nSPS) is 17.9. The smallest absolute Gasteiger partial charge is 0.297 e. The molecule has 13 heteroatoms. The second-order valence-corrected chi connectivity index (χ2v) is 9.28. The molecule has 38 heavy (non-hydrogen) atoms. The first-order valence-corrected chi connectivity index (χ1v) is 12.1. The number of hydrogen-bond donors (Lipinski definition) is 2. The van der Waals surface area contributed by atoms with Crippen LogP contribution < -0.4 is 25.0 Å². The molecule has 196 valence electrons. The van der Waals surface area contributed by atoms with Crippen LogP contribution in [0, 0.1) is 5.82 Å². The highest BCUT2D eigenvalue weighted by atomic mass is 35.5. The second kappa shape index (κ2) is 10.7. The molecule has 0 saturated carbocycles. The number of carbonyl (C=O) groups excluding carboxylic acids is 3. The molecule has 0 radical (unpaired) electrons. The molecule has 3 aromatic rings. The third-order valence-corrected chi connectivity index (χ3v) is 6.29. The van der Waals surface area contributed by atoms with E-state index in [2.05, 4.69) is 15.8 Å². The van der Waals surface area contributed by atoms with Crippen LogP contribution in [0.2, 0.25) is 10.0 Å². The predicted octanol–water partition coefficient (Wildman–Crippen LogP) is 3.50. The summed E-state index contributed by atoms with van der Waals surface area (Å²) in [6.45, 7) is -0.412. The maximum absolute atomic E-state index is 13.5. The molecule has 2 atom stereocenters. The Labute approximate surface area is 225 Å². The van der Waals surface area contributed by atoms with Crippen LogP contribution in [-0.2, 0) is 9.59 Å². The van der Waals surface area contributed by atoms with E-state index in [9.17, 15) is 18.8 Å². The van der Waals surface area contributed by atoms with Crippen LogP contribution in [0.4, 0.5) is 10.1 Å². The van der Waals surface area contributed by atoms with Gasteiger partial charge in [-0.3, -0.25) is 19.3 Å². The molecule has 2 heterocycles. The van der Waals surface area contributed by atoms with Gasteiger partial charge in [0.05, 0.1) is 29.5 Å². The fourth-order valence-electron chi connectivity index (χ4n) is 3.88. The van der Waals surface area contributed by atoms with E-state index in [1.165, 1.54) is 29.3 Å². The Morgan fingerprint density at radius 2 is 1.97 bits per heavy atom. The summed E-state index contributed by atoms with van der Waals surface area (Å²) >= 11 is 11.7. The van der Waals surface area contributed by atoms with E-state index in [1.807, 2.05) is 0 Å². The number of fused-ring (bicyclic) bond motifs is 1. The zero-order valence-electron chi connectivity index (χ0n) is 19.4. The first kappa shape index (κ1) is 25.6. The van der Waals surface area contributed by atoms with Crippen LogP contribution in [0.3, 0.4) is 0 Å². The average Bonchev–Trinajstić information content (AvgIpc) is 3.42. The molecule has 1 aromatic heterocycles. The van der Waals surface area contributed by atoms with Gasteiger partial charge in [-0.15, -0.1) is 0 Å². The van der Waals surface area contributed by atoms with E-state index in [1.54, 1.807) is 24.3 Å². The number of rotatable bonds is 7. The van der Waals surface area contributed by atoms with Crippen molar-refractivity contribution in [3.05, 3.63) is 82.1 Å². The van der Waals surface area contributed by atoms with Crippen LogP contribution >= 0.6 is 23.2 Å². The summed E-state index contributed by atoms with van der Waals surface area (Å²) in [6, 6.07) is 9.68. The molecule has 2 aromatic carbocycles. The monoisotopic (exact) mass is 560 g/mol. The Kier molecular flexibility index (Phi) is 7.21. The van der Waals surface area contributed by atoms with Crippen LogP contribution in [0.15, 0.2) is 65.0 Å². The molecule has 1 aliphatic heterocycles. The maximum atomic E-state index is 13.5. The Morgan fingerprint density at radius 3 is 2.71 bits per heavy atom. The van der Waals surface area contributed by atoms with Gasteiger partial charge in [0.1, 0.15) is 17.3 Å². The lowest BCUT2D eigenvalue weighted by Crippen LogP contribution is -2.53. The highest BCUT2D eigenvalue weighted by Crippen LogP contribution is 2.36. The summed E-state index contributed by atoms with van der Waals surface area (Å²) < 4.78 is 29.6. The number of anilines is 1. The van der Waals surface area contributed by atoms with Crippen molar-refractivity contribution in [3.8, 4) is 11.5 Å². The van der Waals surface area contributed by atoms with Crippen molar-refractivity contribution in [1.29, 1.82) is 0 Å². The van der Waals surface area contributed by atoms with Gasteiger partial charge >= 0.3 is 0 Å². The standard InChI is InChI=1S/C25H19Cl2FN4O6/c26-13-1-4-20-19(7-13)32(25(35)21-5-6-29-38-21)11-22(37-20)24(34)31-15-8-14(9-15)30-23(33)12-36-16-2-3-17(27)18(28)10-16/h1-8,10,15,22H,9,11-12H2,(H,30,33)(H,31,34). The second-order valence-electron chi connectivity index (χ2n) is 8.43. The summed E-state index contributed by atoms with van der Waals surface area (Å²) in [5, 5.41) is 9.39. The minimum Gasteiger partial charge on any atom is -0.484 e. The quantitative estimate of drug-likeness (QED) is 0.453. The number of halogens is 3. The first-order valence-electron chi connectivity index (χ1n) is 11.3. The number of nitrogens with zero attached hydrogens (tertiary/aromatic N) is 2. The molecule has 0 spiro atoms. The number of benzene rings is 2. The van der Waals surface area contributed by atoms with Crippen LogP contribution in [0.1, 0.15) is 17.0 Å². The lowest BCUT2D eigenvalue weighted by atomic mass is 9.98. The first-order chi connectivity index (χ1) is 18.3. The molecule has 2 unspecified atom stereocenters. The lowest BCUT2D eigenvalue weighted by molar-refractivity contribution is -0.128. The van der Waals surface area contributed by atoms with Crippen LogP contribution in [-0.4, -0.2) is 48.2 Å². The largest absolute Gasteiger partial charge is 0.484 e. The minimum atomic E-state index is -1.00. The molecule has 0 fully saturated rings. The van der Waals surface area contributed by atoms with Gasteiger partial charge in [-0.2, -0.15) is 0 Å². The Bertz CT molecular complexity index is 1430. The third-order valence-electron chi connectivity index (χ3n) is 5.75. The van der Waals surface area contributed by atoms with Crippen molar-refractivity contribution in [3.63, 3.8) is 0 Å². The SMILES string of the molecule is O=C(COc1ccc(Cl)c(F)c1)NC1=CC(NC(=O)C2CN(C(=O)c3ccno3)c3cc(Cl)ccc3O2)C1. The molecule has 3 amide bonds. The fourth-order valence-corrected chi connectivity index (χ4v) is 4.17. The van der Waals surface area contributed by atoms with Gasteiger partial charge in [0, 0.05) is 29.3 Å². The van der Waals surface area contributed by atoms with Crippen LogP contribution in [0.5, 0.6) is 11.5 Å². The predicted molar refractivity (Wildman–Crippen MR) is 134 cm³/mol. The number of aromatic nitrogens is 1. The van der Waals surface area contributed by atoms with E-state index < -0.39 is 29.6 Å². The van der Waals surface area contributed by atoms with Crippen molar-refractivity contribution < 1.29 is 32.8 Å². The summed E-state index contributed by atoms with van der Waals surface area (Å²) in [4.78, 5) is 39.4. The fraction of sp³-hybridized carbons (Fsp3) is 0.200. The van der Waals surface area contributed by atoms with E-state index >= 15 is 0 Å². The number of carbonyl (C=O) groups is 3. The van der Waals surface area contributed by atoms with Gasteiger partial charge in [0.25, 0.3) is 17.7 Å². The van der Waals surface area contributed by atoms with Crippen LogP contribution in [0.25, 0.3) is 0 Å². The van der Waals surface area contributed by atoms with E-state index in [0.717, 1.165) is 6.07 Å². The van der Waals surface area contributed by atoms with Gasteiger partial charge in [-0.25, -0.2) is 4.39 Å². The van der Waals surface area contributed by atoms with Crippen molar-refractivity contribution >= 4 is 46.6 Å². The molecule has 2 aliphatic rings. The summed E-state index contributed by atoms with van der Waals surface area (Å²) in [6.07, 6.45) is 2.38. The Hall–Kier alpha value is -4.09. The lowest BCUT2D eigenvalue weighted by Gasteiger charge is -2.35. The zero-order chi connectivity index (χ0) is 26.8. The zero-order valence-corrected chi connectivity index (χ0v) is 21.0. The number of ether oxygens (including phenoxy) is 2. The van der Waals surface area contributed by atoms with E-state index in [0.29, 0.717) is 28.6 Å². The molecule has 0 bridgehead atoms. The third kappa shape index (κ3) is 5.58. The van der Waals surface area contributed by atoms with Crippen molar-refractivity contribution in [1.82, 2.24) is 15.8 Å². The van der Waals surface area contributed by atoms with Crippen molar-refractivity contribution in [2.45, 2.75) is 18.6 Å². The maximum Gasteiger partial charge on any atom is 0.297 e. The van der Waals surface area contributed by atoms with Crippen molar-refractivity contribution in [2.75, 3.05) is 18.1 Å². The minimum absolute atomic E-state index is 0.00414. The van der Waals surface area contributed by atoms with Gasteiger partial charge in [-0.1, -0.05) is 28.4 Å². The summed E-state index contributed by atoms with van der Waals surface area (Å²) in [5.74, 6) is -1.55. The van der Waals surface area contributed by atoms with E-state index in [-0.39, 0.29) is 35.7 Å². The van der Waals surface area contributed by atoms with Gasteiger partial charge in [-0.05, 0) is 36.4 Å². The van der Waals surface area contributed by atoms with Gasteiger partial charge in [0.2, 0.25) is 5.76 Å². The Morgan fingerprint density at radius 1 is 1.16 bits per heavy atom. The van der Waals surface area contributed by atoms with Gasteiger partial charge in [0.15, 0.2) is 12.7 Å². The molecular formula is C25H19Cl2FN4O6. The van der Waals surface area contributed by atoms with Gasteiger partial charge < -0.3 is 24.6 Å².